The van der Waals surface area contributed by atoms with Crippen LogP contribution in [0.2, 0.25) is 0 Å². The second-order valence-electron chi connectivity index (χ2n) is 14.9. The molecule has 1 aliphatic heterocycles. The molecule has 1 saturated heterocycles. The molecule has 1 unspecified atom stereocenters. The van der Waals surface area contributed by atoms with Gasteiger partial charge in [-0.1, -0.05) is 54.6 Å². The first-order chi connectivity index (χ1) is 29.4. The molecular weight excluding hydrogens is 801 g/mol. The monoisotopic (exact) mass is 851 g/mol. The number of nitro benzene ring substituents is 1. The Bertz CT molecular complexity index is 2330. The molecular formula is C45H50N5O10P. The first kappa shape index (κ1) is 44.8. The van der Waals surface area contributed by atoms with Gasteiger partial charge in [0.25, 0.3) is 19.8 Å². The van der Waals surface area contributed by atoms with Gasteiger partial charge in [0.05, 0.1) is 56.5 Å². The van der Waals surface area contributed by atoms with Gasteiger partial charge < -0.3 is 28.0 Å². The second-order valence-corrected chi connectivity index (χ2v) is 16.3. The third-order valence-corrected chi connectivity index (χ3v) is 12.5. The van der Waals surface area contributed by atoms with Gasteiger partial charge in [-0.15, -0.1) is 0 Å². The molecule has 61 heavy (non-hydrogen) atoms. The predicted molar refractivity (Wildman–Crippen MR) is 230 cm³/mol. The van der Waals surface area contributed by atoms with E-state index < -0.39 is 48.7 Å². The molecule has 320 valence electrons. The highest BCUT2D eigenvalue weighted by Gasteiger charge is 2.45. The van der Waals surface area contributed by atoms with Crippen LogP contribution in [0.1, 0.15) is 63.5 Å². The molecule has 0 radical (unpaired) electrons. The number of methoxy groups -OCH3 is 2. The molecule has 4 aromatic carbocycles. The van der Waals surface area contributed by atoms with E-state index in [0.29, 0.717) is 17.1 Å². The molecule has 15 nitrogen and oxygen atoms in total. The van der Waals surface area contributed by atoms with Crippen LogP contribution in [0.15, 0.2) is 119 Å². The lowest BCUT2D eigenvalue weighted by atomic mass is 9.80. The number of hydrogen-bond acceptors (Lipinski definition) is 12. The molecule has 16 heteroatoms. The highest BCUT2D eigenvalue weighted by atomic mass is 31.2. The number of ether oxygens (including phenoxy) is 4. The average molecular weight is 852 g/mol. The number of non-ortho nitro benzene ring substituents is 1. The number of nitro groups is 1. The largest absolute Gasteiger partial charge is 0.497 e. The zero-order chi connectivity index (χ0) is 43.7. The average Bonchev–Trinajstić information content (AvgIpc) is 3.66. The molecule has 0 bridgehead atoms. The van der Waals surface area contributed by atoms with E-state index in [9.17, 15) is 25.0 Å². The van der Waals surface area contributed by atoms with Gasteiger partial charge in [-0.2, -0.15) is 5.26 Å². The quantitative estimate of drug-likeness (QED) is 0.0278. The number of aromatic amines is 1. The highest BCUT2D eigenvalue weighted by molar-refractivity contribution is 7.44. The maximum atomic E-state index is 13.6. The van der Waals surface area contributed by atoms with Gasteiger partial charge in [-0.3, -0.25) is 24.5 Å². The van der Waals surface area contributed by atoms with Gasteiger partial charge in [0, 0.05) is 36.8 Å². The van der Waals surface area contributed by atoms with Crippen molar-refractivity contribution in [3.8, 4) is 28.7 Å². The van der Waals surface area contributed by atoms with E-state index in [0.717, 1.165) is 16.7 Å². The number of rotatable bonds is 19. The molecule has 5 aromatic rings. The topological polar surface area (TPSA) is 180 Å². The van der Waals surface area contributed by atoms with E-state index in [1.54, 1.807) is 14.2 Å². The minimum Gasteiger partial charge on any atom is -0.497 e. The maximum absolute atomic E-state index is 13.6. The van der Waals surface area contributed by atoms with Gasteiger partial charge in [0.1, 0.15) is 29.4 Å². The Kier molecular flexibility index (Phi) is 14.9. The van der Waals surface area contributed by atoms with Crippen LogP contribution in [0.4, 0.5) is 5.69 Å². The molecule has 4 atom stereocenters. The Labute approximate surface area is 355 Å². The van der Waals surface area contributed by atoms with Crippen LogP contribution < -0.4 is 20.7 Å². The van der Waals surface area contributed by atoms with Crippen molar-refractivity contribution in [2.75, 3.05) is 27.4 Å². The van der Waals surface area contributed by atoms with E-state index in [1.165, 1.54) is 35.0 Å². The van der Waals surface area contributed by atoms with Crippen molar-refractivity contribution in [2.45, 2.75) is 76.7 Å². The Hall–Kier alpha value is -5.72. The summed E-state index contributed by atoms with van der Waals surface area (Å²) < 4.78 is 41.7. The number of benzene rings is 4. The number of H-pyrrole nitrogens is 1. The fourth-order valence-corrected chi connectivity index (χ4v) is 9.25. The van der Waals surface area contributed by atoms with Gasteiger partial charge in [0.15, 0.2) is 0 Å². The van der Waals surface area contributed by atoms with Gasteiger partial charge >= 0.3 is 5.69 Å². The van der Waals surface area contributed by atoms with Crippen LogP contribution in [0.3, 0.4) is 0 Å². The third kappa shape index (κ3) is 10.1. The first-order valence-electron chi connectivity index (χ1n) is 19.9. The van der Waals surface area contributed by atoms with Crippen LogP contribution in [-0.4, -0.2) is 70.9 Å². The highest BCUT2D eigenvalue weighted by Crippen LogP contribution is 2.51. The number of hydrogen-bond donors (Lipinski definition) is 1. The smallest absolute Gasteiger partial charge is 0.330 e. The van der Waals surface area contributed by atoms with Crippen LogP contribution in [0.5, 0.6) is 11.5 Å². The van der Waals surface area contributed by atoms with Crippen LogP contribution in [0, 0.1) is 21.4 Å². The Morgan fingerprint density at radius 3 is 2.00 bits per heavy atom. The molecule has 2 heterocycles. The van der Waals surface area contributed by atoms with Crippen LogP contribution in [-0.2, 0) is 24.1 Å². The van der Waals surface area contributed by atoms with Crippen LogP contribution >= 0.6 is 8.53 Å². The van der Waals surface area contributed by atoms with Crippen molar-refractivity contribution < 1.29 is 32.9 Å². The van der Waals surface area contributed by atoms with Crippen LogP contribution in [0.25, 0.3) is 11.1 Å². The summed E-state index contributed by atoms with van der Waals surface area (Å²) >= 11 is 0. The van der Waals surface area contributed by atoms with E-state index in [2.05, 4.69) is 15.7 Å². The molecule has 1 aromatic heterocycles. The number of nitriles is 1. The zero-order valence-corrected chi connectivity index (χ0v) is 35.8. The minimum atomic E-state index is -1.77. The number of nitrogens with one attached hydrogen (secondary N) is 1. The van der Waals surface area contributed by atoms with E-state index in [-0.39, 0.29) is 49.4 Å². The third-order valence-electron chi connectivity index (χ3n) is 10.4. The molecule has 6 rings (SSSR count). The van der Waals surface area contributed by atoms with Gasteiger partial charge in [0.2, 0.25) is 0 Å². The maximum Gasteiger partial charge on any atom is 0.330 e. The summed E-state index contributed by atoms with van der Waals surface area (Å²) in [7, 11) is 1.44. The molecule has 1 aliphatic rings. The van der Waals surface area contributed by atoms with E-state index in [1.807, 2.05) is 107 Å². The predicted octanol–water partition coefficient (Wildman–Crippen LogP) is 8.09. The second kappa shape index (κ2) is 20.2. The van der Waals surface area contributed by atoms with Crippen molar-refractivity contribution in [3.05, 3.63) is 157 Å². The first-order valence-corrected chi connectivity index (χ1v) is 21.0. The summed E-state index contributed by atoms with van der Waals surface area (Å²) in [6.07, 6.45) is -0.776. The van der Waals surface area contributed by atoms with Crippen molar-refractivity contribution in [2.24, 2.45) is 0 Å². The number of nitrogens with zero attached hydrogens (tertiary/aromatic N) is 4. The van der Waals surface area contributed by atoms with Crippen molar-refractivity contribution in [1.29, 1.82) is 5.26 Å². The summed E-state index contributed by atoms with van der Waals surface area (Å²) in [5.74, 6) is 1.33. The molecule has 1 fully saturated rings. The Morgan fingerprint density at radius 2 is 1.48 bits per heavy atom. The molecule has 0 saturated carbocycles. The minimum absolute atomic E-state index is 0.00274. The van der Waals surface area contributed by atoms with E-state index >= 15 is 0 Å². The van der Waals surface area contributed by atoms with Crippen molar-refractivity contribution in [3.63, 3.8) is 0 Å². The number of aromatic nitrogens is 2. The summed E-state index contributed by atoms with van der Waals surface area (Å²) in [4.78, 5) is 40.0. The summed E-state index contributed by atoms with van der Waals surface area (Å²) in [5, 5.41) is 20.7. The molecule has 0 spiro atoms. The molecule has 1 N–H and O–H groups in total. The lowest BCUT2D eigenvalue weighted by Crippen LogP contribution is -2.39. The lowest BCUT2D eigenvalue weighted by Gasteiger charge is -2.39. The summed E-state index contributed by atoms with van der Waals surface area (Å²) in [6, 6.07) is 32.7. The molecule has 0 amide bonds. The van der Waals surface area contributed by atoms with E-state index in [4.69, 9.17) is 28.0 Å². The zero-order valence-electron chi connectivity index (χ0n) is 34.9. The lowest BCUT2D eigenvalue weighted by molar-refractivity contribution is -0.384. The fraction of sp³-hybridized carbons (Fsp3) is 0.356. The molecule has 0 aliphatic carbocycles. The SMILES string of the molecule is COc1ccc(C(OC[C@H]2O[C@@H](n3cc(-c4ccc([N+](=O)[O-])cc4)c(=O)[nH]c3=O)C[C@@H]2OP(OCCC#N)N(C(C)C)C(C)C)(c2ccccc2)c2ccc(OC)cc2)cc1. The van der Waals surface area contributed by atoms with Gasteiger partial charge in [-0.05, 0) is 86.3 Å². The Morgan fingerprint density at radius 1 is 0.902 bits per heavy atom. The summed E-state index contributed by atoms with van der Waals surface area (Å²) in [6.45, 7) is 8.25. The Balaban J connectivity index is 1.45. The summed E-state index contributed by atoms with van der Waals surface area (Å²) in [5.41, 5.74) is 0.192. The van der Waals surface area contributed by atoms with Crippen molar-refractivity contribution in [1.82, 2.24) is 14.2 Å². The van der Waals surface area contributed by atoms with Gasteiger partial charge in [-0.25, -0.2) is 9.46 Å². The van der Waals surface area contributed by atoms with Crippen molar-refractivity contribution >= 4 is 14.2 Å². The normalized spacial score (nSPS) is 17.1. The standard InChI is InChI=1S/C45H50N5O10P/c1-30(2)49(31(3)4)61(58-26-10-25-46)60-40-27-42(48-28-39(43(51)47-44(48)52)32-13-19-36(20-14-32)50(53)54)59-41(40)29-57-45(33-11-8-7-9-12-33,34-15-21-37(55-5)22-16-34)35-17-23-38(56-6)24-18-35/h7-9,11-24,28,30-31,40-42H,10,26-27,29H2,1-6H3,(H,47,51,52)/t40-,41+,42+,61?/m0/s1. The fourth-order valence-electron chi connectivity index (χ4n) is 7.49.